The molecule has 3 heteroatoms. The summed E-state index contributed by atoms with van der Waals surface area (Å²) in [5.41, 5.74) is 2.12. The SMILES string of the molecule is COc1ccccc1-c1ccnn1C. The topological polar surface area (TPSA) is 27.1 Å². The van der Waals surface area contributed by atoms with Gasteiger partial charge in [0.15, 0.2) is 0 Å². The Hall–Kier alpha value is -1.77. The lowest BCUT2D eigenvalue weighted by molar-refractivity contribution is 0.416. The molecule has 2 aromatic rings. The van der Waals surface area contributed by atoms with Gasteiger partial charge < -0.3 is 4.74 Å². The summed E-state index contributed by atoms with van der Waals surface area (Å²) in [5.74, 6) is 0.871. The van der Waals surface area contributed by atoms with E-state index < -0.39 is 0 Å². The molecule has 1 heterocycles. The zero-order valence-electron chi connectivity index (χ0n) is 8.27. The van der Waals surface area contributed by atoms with E-state index in [0.717, 1.165) is 17.0 Å². The van der Waals surface area contributed by atoms with Gasteiger partial charge in [-0.2, -0.15) is 5.10 Å². The molecular weight excluding hydrogens is 176 g/mol. The number of aryl methyl sites for hydroxylation is 1. The molecule has 1 aromatic heterocycles. The highest BCUT2D eigenvalue weighted by Gasteiger charge is 2.07. The maximum Gasteiger partial charge on any atom is 0.128 e. The van der Waals surface area contributed by atoms with E-state index in [0.29, 0.717) is 0 Å². The molecule has 0 N–H and O–H groups in total. The van der Waals surface area contributed by atoms with Crippen LogP contribution in [0.1, 0.15) is 0 Å². The highest BCUT2D eigenvalue weighted by atomic mass is 16.5. The molecule has 1 aromatic carbocycles. The molecule has 0 unspecified atom stereocenters. The molecule has 0 atom stereocenters. The lowest BCUT2D eigenvalue weighted by Gasteiger charge is -2.07. The Labute approximate surface area is 82.9 Å². The molecule has 0 bridgehead atoms. The van der Waals surface area contributed by atoms with Crippen LogP contribution in [0.2, 0.25) is 0 Å². The lowest BCUT2D eigenvalue weighted by Crippen LogP contribution is -1.95. The molecule has 0 radical (unpaired) electrons. The molecule has 0 aliphatic carbocycles. The second-order valence-corrected chi connectivity index (χ2v) is 3.04. The summed E-state index contributed by atoms with van der Waals surface area (Å²) in [6, 6.07) is 9.89. The number of hydrogen-bond donors (Lipinski definition) is 0. The number of methoxy groups -OCH3 is 1. The Kier molecular flexibility index (Phi) is 2.23. The van der Waals surface area contributed by atoms with Crippen molar-refractivity contribution in [2.24, 2.45) is 7.05 Å². The molecule has 0 aliphatic heterocycles. The third-order valence-corrected chi connectivity index (χ3v) is 2.20. The standard InChI is InChI=1S/C11H12N2O/c1-13-10(7-8-12-13)9-5-3-4-6-11(9)14-2/h3-8H,1-2H3. The molecular formula is C11H12N2O. The van der Waals surface area contributed by atoms with Crippen LogP contribution in [0.25, 0.3) is 11.3 Å². The maximum absolute atomic E-state index is 5.28. The van der Waals surface area contributed by atoms with Gasteiger partial charge in [0.1, 0.15) is 5.75 Å². The van der Waals surface area contributed by atoms with Crippen LogP contribution in [0.4, 0.5) is 0 Å². The summed E-state index contributed by atoms with van der Waals surface area (Å²) in [7, 11) is 3.59. The van der Waals surface area contributed by atoms with Crippen molar-refractivity contribution in [3.63, 3.8) is 0 Å². The van der Waals surface area contributed by atoms with Crippen molar-refractivity contribution in [2.75, 3.05) is 7.11 Å². The zero-order chi connectivity index (χ0) is 9.97. The van der Waals surface area contributed by atoms with E-state index in [1.54, 1.807) is 13.3 Å². The summed E-state index contributed by atoms with van der Waals surface area (Å²) >= 11 is 0. The molecule has 0 saturated carbocycles. The molecule has 2 rings (SSSR count). The molecule has 3 nitrogen and oxygen atoms in total. The van der Waals surface area contributed by atoms with Gasteiger partial charge in [0.2, 0.25) is 0 Å². The smallest absolute Gasteiger partial charge is 0.128 e. The number of para-hydroxylation sites is 1. The Morgan fingerprint density at radius 3 is 2.64 bits per heavy atom. The summed E-state index contributed by atoms with van der Waals surface area (Å²) in [6.45, 7) is 0. The average Bonchev–Trinajstić information content (AvgIpc) is 2.64. The second kappa shape index (κ2) is 3.54. The third-order valence-electron chi connectivity index (χ3n) is 2.20. The van der Waals surface area contributed by atoms with Crippen LogP contribution in [-0.2, 0) is 7.05 Å². The molecule has 0 spiro atoms. The normalized spacial score (nSPS) is 10.1. The van der Waals surface area contributed by atoms with Crippen molar-refractivity contribution in [1.82, 2.24) is 9.78 Å². The Morgan fingerprint density at radius 1 is 1.21 bits per heavy atom. The fourth-order valence-electron chi connectivity index (χ4n) is 1.49. The van der Waals surface area contributed by atoms with Gasteiger partial charge in [-0.05, 0) is 18.2 Å². The number of benzene rings is 1. The Bertz CT molecular complexity index is 434. The van der Waals surface area contributed by atoms with Crippen molar-refractivity contribution in [2.45, 2.75) is 0 Å². The first-order valence-electron chi connectivity index (χ1n) is 4.44. The first-order chi connectivity index (χ1) is 6.83. The highest BCUT2D eigenvalue weighted by Crippen LogP contribution is 2.28. The fourth-order valence-corrected chi connectivity index (χ4v) is 1.49. The lowest BCUT2D eigenvalue weighted by atomic mass is 10.1. The van der Waals surface area contributed by atoms with Crippen molar-refractivity contribution >= 4 is 0 Å². The van der Waals surface area contributed by atoms with Gasteiger partial charge >= 0.3 is 0 Å². The van der Waals surface area contributed by atoms with Crippen molar-refractivity contribution in [1.29, 1.82) is 0 Å². The van der Waals surface area contributed by atoms with Crippen molar-refractivity contribution in [3.8, 4) is 17.0 Å². The number of aromatic nitrogens is 2. The summed E-state index contributed by atoms with van der Waals surface area (Å²) in [5, 5.41) is 4.13. The minimum Gasteiger partial charge on any atom is -0.496 e. The van der Waals surface area contributed by atoms with E-state index in [1.165, 1.54) is 0 Å². The van der Waals surface area contributed by atoms with E-state index in [2.05, 4.69) is 5.10 Å². The van der Waals surface area contributed by atoms with Gasteiger partial charge in [0, 0.05) is 18.8 Å². The molecule has 0 aliphatic rings. The van der Waals surface area contributed by atoms with E-state index in [4.69, 9.17) is 4.74 Å². The van der Waals surface area contributed by atoms with Crippen molar-refractivity contribution < 1.29 is 4.74 Å². The van der Waals surface area contributed by atoms with E-state index in [-0.39, 0.29) is 0 Å². The van der Waals surface area contributed by atoms with Gasteiger partial charge in [0.05, 0.1) is 12.8 Å². The van der Waals surface area contributed by atoms with Crippen LogP contribution in [-0.4, -0.2) is 16.9 Å². The molecule has 72 valence electrons. The van der Waals surface area contributed by atoms with Gasteiger partial charge in [-0.3, -0.25) is 4.68 Å². The van der Waals surface area contributed by atoms with Gasteiger partial charge in [-0.15, -0.1) is 0 Å². The average molecular weight is 188 g/mol. The third kappa shape index (κ3) is 1.37. The Balaban J connectivity index is 2.56. The zero-order valence-corrected chi connectivity index (χ0v) is 8.27. The number of rotatable bonds is 2. The van der Waals surface area contributed by atoms with Crippen LogP contribution >= 0.6 is 0 Å². The molecule has 0 amide bonds. The van der Waals surface area contributed by atoms with E-state index in [1.807, 2.05) is 42.1 Å². The molecule has 14 heavy (non-hydrogen) atoms. The second-order valence-electron chi connectivity index (χ2n) is 3.04. The van der Waals surface area contributed by atoms with Crippen LogP contribution < -0.4 is 4.74 Å². The van der Waals surface area contributed by atoms with Gasteiger partial charge in [0.25, 0.3) is 0 Å². The minimum absolute atomic E-state index is 0.871. The predicted octanol–water partition coefficient (Wildman–Crippen LogP) is 2.10. The van der Waals surface area contributed by atoms with Crippen molar-refractivity contribution in [3.05, 3.63) is 36.5 Å². The van der Waals surface area contributed by atoms with Gasteiger partial charge in [-0.1, -0.05) is 12.1 Å². The summed E-state index contributed by atoms with van der Waals surface area (Å²) in [6.07, 6.45) is 1.78. The van der Waals surface area contributed by atoms with Crippen LogP contribution in [0.3, 0.4) is 0 Å². The number of nitrogens with zero attached hydrogens (tertiary/aromatic N) is 2. The predicted molar refractivity (Wildman–Crippen MR) is 55.2 cm³/mol. The molecule has 0 saturated heterocycles. The minimum atomic E-state index is 0.871. The van der Waals surface area contributed by atoms with Crippen LogP contribution in [0, 0.1) is 0 Å². The highest BCUT2D eigenvalue weighted by molar-refractivity contribution is 5.67. The largest absolute Gasteiger partial charge is 0.496 e. The van der Waals surface area contributed by atoms with E-state index in [9.17, 15) is 0 Å². The van der Waals surface area contributed by atoms with E-state index >= 15 is 0 Å². The van der Waals surface area contributed by atoms with Gasteiger partial charge in [-0.25, -0.2) is 0 Å². The van der Waals surface area contributed by atoms with Crippen LogP contribution in [0.15, 0.2) is 36.5 Å². The summed E-state index contributed by atoms with van der Waals surface area (Å²) < 4.78 is 7.11. The quantitative estimate of drug-likeness (QED) is 0.721. The monoisotopic (exact) mass is 188 g/mol. The maximum atomic E-state index is 5.28. The summed E-state index contributed by atoms with van der Waals surface area (Å²) in [4.78, 5) is 0. The van der Waals surface area contributed by atoms with Crippen LogP contribution in [0.5, 0.6) is 5.75 Å². The number of hydrogen-bond acceptors (Lipinski definition) is 2. The first kappa shape index (κ1) is 8.81. The fraction of sp³-hybridized carbons (Fsp3) is 0.182. The Morgan fingerprint density at radius 2 is 2.00 bits per heavy atom. The first-order valence-corrected chi connectivity index (χ1v) is 4.44. The molecule has 0 fully saturated rings. The number of ether oxygens (including phenoxy) is 1.